The van der Waals surface area contributed by atoms with E-state index >= 15 is 0 Å². The molecule has 34 heavy (non-hydrogen) atoms. The molecule has 2 heterocycles. The molecular formula is C25H30ClN5O2S. The maximum Gasteiger partial charge on any atom is 0.263 e. The van der Waals surface area contributed by atoms with Gasteiger partial charge in [0, 0.05) is 6.54 Å². The first-order valence-electron chi connectivity index (χ1n) is 10.9. The van der Waals surface area contributed by atoms with Gasteiger partial charge in [0.1, 0.15) is 11.3 Å². The number of hydrogen-bond donors (Lipinski definition) is 0. The van der Waals surface area contributed by atoms with Crippen molar-refractivity contribution in [2.45, 2.75) is 20.3 Å². The number of anilines is 1. The summed E-state index contributed by atoms with van der Waals surface area (Å²) < 4.78 is 8.36. The zero-order chi connectivity index (χ0) is 23.5. The normalized spacial score (nSPS) is 11.0. The summed E-state index contributed by atoms with van der Waals surface area (Å²) in [6.45, 7) is 5.42. The van der Waals surface area contributed by atoms with E-state index < -0.39 is 0 Å². The van der Waals surface area contributed by atoms with Gasteiger partial charge in [-0.25, -0.2) is 9.67 Å². The zero-order valence-electron chi connectivity index (χ0n) is 20.1. The Morgan fingerprint density at radius 3 is 2.50 bits per heavy atom. The Morgan fingerprint density at radius 1 is 1.09 bits per heavy atom. The van der Waals surface area contributed by atoms with Crippen molar-refractivity contribution in [3.8, 4) is 11.4 Å². The summed E-state index contributed by atoms with van der Waals surface area (Å²) in [6.07, 6.45) is 2.49. The number of fused-ring (bicyclic) bond motifs is 1. The van der Waals surface area contributed by atoms with E-state index in [1.165, 1.54) is 11.3 Å². The molecule has 2 aromatic heterocycles. The smallest absolute Gasteiger partial charge is 0.263 e. The van der Waals surface area contributed by atoms with Gasteiger partial charge in [0.05, 0.1) is 35.0 Å². The lowest BCUT2D eigenvalue weighted by atomic mass is 10.2. The van der Waals surface area contributed by atoms with Crippen LogP contribution < -0.4 is 9.64 Å². The standard InChI is InChI=1S/C25H29N5O2S.ClH/c1-17-12-13-21(32-5)22-23(17)33-25(27-22)29(15-9-14-28(3)4)24(31)20-16-26-30(18(20)2)19-10-7-6-8-11-19;/h6-8,10-13,16H,9,14-15H2,1-5H3;1H. The minimum atomic E-state index is -0.0934. The maximum absolute atomic E-state index is 13.8. The van der Waals surface area contributed by atoms with E-state index in [1.54, 1.807) is 22.9 Å². The molecule has 1 amide bonds. The molecule has 0 saturated heterocycles. The summed E-state index contributed by atoms with van der Waals surface area (Å²) in [5.74, 6) is 0.621. The zero-order valence-corrected chi connectivity index (χ0v) is 21.7. The van der Waals surface area contributed by atoms with Gasteiger partial charge in [-0.2, -0.15) is 5.10 Å². The molecule has 0 aliphatic heterocycles. The molecule has 0 radical (unpaired) electrons. The molecule has 0 fully saturated rings. The number of carbonyl (C=O) groups excluding carboxylic acids is 1. The maximum atomic E-state index is 13.8. The van der Waals surface area contributed by atoms with Gasteiger partial charge >= 0.3 is 0 Å². The van der Waals surface area contributed by atoms with Crippen LogP contribution in [0.15, 0.2) is 48.7 Å². The number of rotatable bonds is 8. The van der Waals surface area contributed by atoms with Crippen LogP contribution in [0.2, 0.25) is 0 Å². The molecule has 0 unspecified atom stereocenters. The number of thiazole rings is 1. The average Bonchev–Trinajstić information content (AvgIpc) is 3.42. The molecule has 180 valence electrons. The first-order chi connectivity index (χ1) is 15.9. The van der Waals surface area contributed by atoms with Gasteiger partial charge in [-0.1, -0.05) is 35.6 Å². The fraction of sp³-hybridized carbons (Fsp3) is 0.320. The lowest BCUT2D eigenvalue weighted by Crippen LogP contribution is -2.33. The number of benzene rings is 2. The van der Waals surface area contributed by atoms with Crippen LogP contribution in [0, 0.1) is 13.8 Å². The number of methoxy groups -OCH3 is 1. The van der Waals surface area contributed by atoms with Gasteiger partial charge in [0.15, 0.2) is 5.13 Å². The fourth-order valence-corrected chi connectivity index (χ4v) is 4.88. The second-order valence-corrected chi connectivity index (χ2v) is 9.24. The van der Waals surface area contributed by atoms with Gasteiger partial charge in [0.25, 0.3) is 5.91 Å². The molecule has 0 atom stereocenters. The summed E-state index contributed by atoms with van der Waals surface area (Å²) in [7, 11) is 5.71. The van der Waals surface area contributed by atoms with E-state index in [1.807, 2.05) is 63.5 Å². The second kappa shape index (κ2) is 11.0. The van der Waals surface area contributed by atoms with Gasteiger partial charge in [-0.15, -0.1) is 12.4 Å². The third-order valence-corrected chi connectivity index (χ3v) is 6.83. The molecule has 4 rings (SSSR count). The predicted molar refractivity (Wildman–Crippen MR) is 141 cm³/mol. The largest absolute Gasteiger partial charge is 0.494 e. The van der Waals surface area contributed by atoms with Crippen molar-refractivity contribution in [2.24, 2.45) is 0 Å². The molecule has 0 N–H and O–H groups in total. The SMILES string of the molecule is COc1ccc(C)c2sc(N(CCCN(C)C)C(=O)c3cnn(-c4ccccc4)c3C)nc12.Cl. The average molecular weight is 500 g/mol. The predicted octanol–water partition coefficient (Wildman–Crippen LogP) is 5.13. The first kappa shape index (κ1) is 25.7. The molecule has 0 bridgehead atoms. The Morgan fingerprint density at radius 2 is 1.82 bits per heavy atom. The van der Waals surface area contributed by atoms with Crippen molar-refractivity contribution in [2.75, 3.05) is 39.2 Å². The van der Waals surface area contributed by atoms with Crippen LogP contribution in [0.1, 0.15) is 28.0 Å². The number of para-hydroxylation sites is 1. The summed E-state index contributed by atoms with van der Waals surface area (Å²) >= 11 is 1.53. The number of carbonyl (C=O) groups is 1. The van der Waals surface area contributed by atoms with Gasteiger partial charge in [-0.05, 0) is 64.7 Å². The molecule has 2 aromatic carbocycles. The van der Waals surface area contributed by atoms with Gasteiger partial charge in [-0.3, -0.25) is 9.69 Å². The van der Waals surface area contributed by atoms with Crippen LogP contribution >= 0.6 is 23.7 Å². The number of nitrogens with zero attached hydrogens (tertiary/aromatic N) is 5. The number of ether oxygens (including phenoxy) is 1. The van der Waals surface area contributed by atoms with E-state index in [0.29, 0.717) is 23.0 Å². The Kier molecular flexibility index (Phi) is 8.30. The molecule has 0 spiro atoms. The lowest BCUT2D eigenvalue weighted by Gasteiger charge is -2.21. The van der Waals surface area contributed by atoms with Crippen LogP contribution in [0.3, 0.4) is 0 Å². The van der Waals surface area contributed by atoms with Crippen LogP contribution in [0.25, 0.3) is 15.9 Å². The number of halogens is 1. The highest BCUT2D eigenvalue weighted by molar-refractivity contribution is 7.22. The second-order valence-electron chi connectivity index (χ2n) is 8.26. The molecule has 0 aliphatic rings. The van der Waals surface area contributed by atoms with E-state index in [4.69, 9.17) is 9.72 Å². The van der Waals surface area contributed by atoms with Crippen molar-refractivity contribution in [1.29, 1.82) is 0 Å². The van der Waals surface area contributed by atoms with Crippen molar-refractivity contribution >= 4 is 45.0 Å². The van der Waals surface area contributed by atoms with Crippen molar-refractivity contribution < 1.29 is 9.53 Å². The molecule has 0 saturated carbocycles. The molecule has 4 aromatic rings. The van der Waals surface area contributed by atoms with Crippen molar-refractivity contribution in [1.82, 2.24) is 19.7 Å². The monoisotopic (exact) mass is 499 g/mol. The first-order valence-corrected chi connectivity index (χ1v) is 11.7. The minimum Gasteiger partial charge on any atom is -0.494 e. The van der Waals surface area contributed by atoms with Gasteiger partial charge in [0.2, 0.25) is 0 Å². The van der Waals surface area contributed by atoms with E-state index in [2.05, 4.69) is 16.9 Å². The highest BCUT2D eigenvalue weighted by atomic mass is 35.5. The Labute approximate surface area is 210 Å². The highest BCUT2D eigenvalue weighted by Gasteiger charge is 2.26. The summed E-state index contributed by atoms with van der Waals surface area (Å²) in [4.78, 5) is 22.5. The molecule has 7 nitrogen and oxygen atoms in total. The number of hydrogen-bond acceptors (Lipinski definition) is 6. The quantitative estimate of drug-likeness (QED) is 0.336. The Bertz CT molecular complexity index is 1270. The van der Waals surface area contributed by atoms with Crippen LogP contribution in [-0.4, -0.2) is 59.9 Å². The topological polar surface area (TPSA) is 63.5 Å². The molecule has 9 heteroatoms. The third-order valence-electron chi connectivity index (χ3n) is 5.62. The van der Waals surface area contributed by atoms with E-state index in [-0.39, 0.29) is 18.3 Å². The summed E-state index contributed by atoms with van der Waals surface area (Å²) in [6, 6.07) is 13.8. The summed E-state index contributed by atoms with van der Waals surface area (Å²) in [5, 5.41) is 5.17. The molecular weight excluding hydrogens is 470 g/mol. The Hall–Kier alpha value is -2.94. The summed E-state index contributed by atoms with van der Waals surface area (Å²) in [5.41, 5.74) is 4.21. The van der Waals surface area contributed by atoms with Crippen molar-refractivity contribution in [3.05, 3.63) is 65.5 Å². The van der Waals surface area contributed by atoms with E-state index in [0.717, 1.165) is 40.1 Å². The lowest BCUT2D eigenvalue weighted by molar-refractivity contribution is 0.0985. The number of aromatic nitrogens is 3. The number of aryl methyl sites for hydroxylation is 1. The van der Waals surface area contributed by atoms with Crippen LogP contribution in [0.4, 0.5) is 5.13 Å². The number of amides is 1. The Balaban J connectivity index is 0.00000324. The third kappa shape index (κ3) is 5.09. The minimum absolute atomic E-state index is 0. The molecule has 0 aliphatic carbocycles. The van der Waals surface area contributed by atoms with Crippen LogP contribution in [-0.2, 0) is 0 Å². The van der Waals surface area contributed by atoms with Gasteiger partial charge < -0.3 is 9.64 Å². The van der Waals surface area contributed by atoms with Crippen LogP contribution in [0.5, 0.6) is 5.75 Å². The van der Waals surface area contributed by atoms with E-state index in [9.17, 15) is 4.79 Å². The van der Waals surface area contributed by atoms with Crippen molar-refractivity contribution in [3.63, 3.8) is 0 Å². The highest BCUT2D eigenvalue weighted by Crippen LogP contribution is 2.37. The fourth-order valence-electron chi connectivity index (χ4n) is 3.80.